The van der Waals surface area contributed by atoms with E-state index in [1.807, 2.05) is 0 Å². The summed E-state index contributed by atoms with van der Waals surface area (Å²) in [6.45, 7) is 6.39. The van der Waals surface area contributed by atoms with E-state index >= 15 is 0 Å². The fourth-order valence-corrected chi connectivity index (χ4v) is 3.78. The van der Waals surface area contributed by atoms with E-state index < -0.39 is 0 Å². The molecule has 144 valence electrons. The molecule has 0 aliphatic carbocycles. The fourth-order valence-electron chi connectivity index (χ4n) is 3.78. The lowest BCUT2D eigenvalue weighted by molar-refractivity contribution is -0.127. The number of nitrogens with zero attached hydrogens (tertiary/aromatic N) is 2. The summed E-state index contributed by atoms with van der Waals surface area (Å²) in [6, 6.07) is 2.01. The Hall–Kier alpha value is -1.93. The van der Waals surface area contributed by atoms with Crippen LogP contribution in [0.25, 0.3) is 0 Å². The van der Waals surface area contributed by atoms with Gasteiger partial charge >= 0.3 is 0 Å². The molecule has 0 radical (unpaired) electrons. The van der Waals surface area contributed by atoms with E-state index in [0.717, 1.165) is 52.0 Å². The van der Waals surface area contributed by atoms with Gasteiger partial charge in [0.15, 0.2) is 0 Å². The van der Waals surface area contributed by atoms with Crippen LogP contribution in [-0.4, -0.2) is 66.2 Å². The second kappa shape index (κ2) is 9.14. The molecule has 1 amide bonds. The number of piperidine rings is 1. The number of aryl methyl sites for hydroxylation is 1. The molecule has 0 bridgehead atoms. The molecule has 2 aliphatic heterocycles. The van der Waals surface area contributed by atoms with Gasteiger partial charge in [-0.15, -0.1) is 0 Å². The van der Waals surface area contributed by atoms with Crippen molar-refractivity contribution in [2.24, 2.45) is 5.92 Å². The number of aromatic amines is 1. The molecule has 8 nitrogen and oxygen atoms in total. The Balaban J connectivity index is 1.40. The van der Waals surface area contributed by atoms with Gasteiger partial charge in [-0.05, 0) is 39.2 Å². The van der Waals surface area contributed by atoms with Crippen LogP contribution in [0.3, 0.4) is 0 Å². The predicted octanol–water partition coefficient (Wildman–Crippen LogP) is 0.497. The molecule has 3 rings (SSSR count). The highest BCUT2D eigenvalue weighted by atomic mass is 16.5. The first-order valence-corrected chi connectivity index (χ1v) is 9.53. The molecule has 1 aromatic heterocycles. The van der Waals surface area contributed by atoms with Crippen LogP contribution < -0.4 is 16.2 Å². The van der Waals surface area contributed by atoms with Gasteiger partial charge in [-0.2, -0.15) is 0 Å². The van der Waals surface area contributed by atoms with Crippen molar-refractivity contribution in [3.63, 3.8) is 0 Å². The van der Waals surface area contributed by atoms with Crippen LogP contribution >= 0.6 is 0 Å². The lowest BCUT2D eigenvalue weighted by atomic mass is 9.94. The highest BCUT2D eigenvalue weighted by molar-refractivity contribution is 5.79. The molecular weight excluding hydrogens is 334 g/mol. The third-order valence-corrected chi connectivity index (χ3v) is 5.12. The van der Waals surface area contributed by atoms with E-state index in [-0.39, 0.29) is 17.4 Å². The van der Waals surface area contributed by atoms with Crippen molar-refractivity contribution < 1.29 is 9.53 Å². The number of likely N-dealkylation sites (tertiary alicyclic amines) is 1. The van der Waals surface area contributed by atoms with Gasteiger partial charge in [0.25, 0.3) is 5.56 Å². The quantitative estimate of drug-likeness (QED) is 0.637. The Morgan fingerprint density at radius 3 is 2.92 bits per heavy atom. The highest BCUT2D eigenvalue weighted by Crippen LogP contribution is 2.23. The topological polar surface area (TPSA) is 99.4 Å². The summed E-state index contributed by atoms with van der Waals surface area (Å²) in [4.78, 5) is 33.2. The Bertz CT molecular complexity index is 656. The number of rotatable bonds is 6. The van der Waals surface area contributed by atoms with Gasteiger partial charge in [-0.1, -0.05) is 0 Å². The minimum absolute atomic E-state index is 0.0588. The molecule has 0 unspecified atom stereocenters. The molecule has 0 spiro atoms. The molecule has 2 fully saturated rings. The number of hydrogen-bond acceptors (Lipinski definition) is 6. The van der Waals surface area contributed by atoms with Crippen molar-refractivity contribution in [3.8, 4) is 0 Å². The summed E-state index contributed by atoms with van der Waals surface area (Å²) in [7, 11) is 0. The average Bonchev–Trinajstić information content (AvgIpc) is 2.65. The molecule has 0 saturated carbocycles. The van der Waals surface area contributed by atoms with Crippen LogP contribution in [-0.2, 0) is 9.53 Å². The van der Waals surface area contributed by atoms with Crippen molar-refractivity contribution in [3.05, 3.63) is 22.1 Å². The highest BCUT2D eigenvalue weighted by Gasteiger charge is 2.30. The standard InChI is InChI=1S/C18H29N5O3/c1-13-11-16(24)22-18(21-13)20-7-6-19-17(25)14-3-2-8-23(12-14)15-4-9-26-10-5-15/h11,14-15H,2-10,12H2,1H3,(H,19,25)(H2,20,21,22,24)/t14-/m1/s1. The lowest BCUT2D eigenvalue weighted by Crippen LogP contribution is -2.49. The van der Waals surface area contributed by atoms with Crippen molar-refractivity contribution in [1.29, 1.82) is 0 Å². The number of nitrogens with one attached hydrogen (secondary N) is 3. The minimum Gasteiger partial charge on any atom is -0.381 e. The normalized spacial score (nSPS) is 22.1. The van der Waals surface area contributed by atoms with Gasteiger partial charge in [0.1, 0.15) is 0 Å². The molecule has 3 N–H and O–H groups in total. The van der Waals surface area contributed by atoms with E-state index in [9.17, 15) is 9.59 Å². The van der Waals surface area contributed by atoms with Crippen molar-refractivity contribution in [1.82, 2.24) is 20.2 Å². The number of carbonyl (C=O) groups excluding carboxylic acids is 1. The van der Waals surface area contributed by atoms with E-state index in [1.165, 1.54) is 6.07 Å². The maximum atomic E-state index is 12.5. The average molecular weight is 363 g/mol. The van der Waals surface area contributed by atoms with Gasteiger partial charge in [0.05, 0.1) is 5.92 Å². The second-order valence-corrected chi connectivity index (χ2v) is 7.13. The SMILES string of the molecule is Cc1cc(=O)[nH]c(NCCNC(=O)[C@@H]2CCCN(C3CCOCC3)C2)n1. The zero-order valence-corrected chi connectivity index (χ0v) is 15.4. The summed E-state index contributed by atoms with van der Waals surface area (Å²) in [5.41, 5.74) is 0.482. The first-order valence-electron chi connectivity index (χ1n) is 9.53. The summed E-state index contributed by atoms with van der Waals surface area (Å²) in [5.74, 6) is 0.616. The summed E-state index contributed by atoms with van der Waals surface area (Å²) in [5, 5.41) is 6.04. The minimum atomic E-state index is -0.181. The van der Waals surface area contributed by atoms with Gasteiger partial charge in [-0.3, -0.25) is 19.5 Å². The van der Waals surface area contributed by atoms with E-state index in [1.54, 1.807) is 6.92 Å². The van der Waals surface area contributed by atoms with Gasteiger partial charge in [-0.25, -0.2) is 4.98 Å². The zero-order chi connectivity index (χ0) is 18.4. The fraction of sp³-hybridized carbons (Fsp3) is 0.722. The predicted molar refractivity (Wildman–Crippen MR) is 99.2 cm³/mol. The molecule has 1 aromatic rings. The third kappa shape index (κ3) is 5.28. The van der Waals surface area contributed by atoms with E-state index in [0.29, 0.717) is 30.8 Å². The number of carbonyl (C=O) groups is 1. The molecule has 2 saturated heterocycles. The van der Waals surface area contributed by atoms with Crippen molar-refractivity contribution in [2.75, 3.05) is 44.7 Å². The van der Waals surface area contributed by atoms with Crippen LogP contribution in [0, 0.1) is 12.8 Å². The van der Waals surface area contributed by atoms with E-state index in [4.69, 9.17) is 4.74 Å². The van der Waals surface area contributed by atoms with Crippen molar-refractivity contribution in [2.45, 2.75) is 38.6 Å². The first kappa shape index (κ1) is 18.8. The van der Waals surface area contributed by atoms with Crippen LogP contribution in [0.15, 0.2) is 10.9 Å². The van der Waals surface area contributed by atoms with Crippen LogP contribution in [0.4, 0.5) is 5.95 Å². The van der Waals surface area contributed by atoms with Crippen molar-refractivity contribution >= 4 is 11.9 Å². The monoisotopic (exact) mass is 363 g/mol. The Morgan fingerprint density at radius 2 is 2.15 bits per heavy atom. The number of ether oxygens (including phenoxy) is 1. The van der Waals surface area contributed by atoms with Crippen LogP contribution in [0.2, 0.25) is 0 Å². The molecule has 8 heteroatoms. The second-order valence-electron chi connectivity index (χ2n) is 7.13. The third-order valence-electron chi connectivity index (χ3n) is 5.12. The first-order chi connectivity index (χ1) is 12.6. The van der Waals surface area contributed by atoms with Crippen LogP contribution in [0.5, 0.6) is 0 Å². The molecule has 1 atom stereocenters. The maximum Gasteiger partial charge on any atom is 0.252 e. The zero-order valence-electron chi connectivity index (χ0n) is 15.4. The summed E-state index contributed by atoms with van der Waals surface area (Å²) < 4.78 is 5.44. The number of anilines is 1. The summed E-state index contributed by atoms with van der Waals surface area (Å²) in [6.07, 6.45) is 4.16. The number of H-pyrrole nitrogens is 1. The number of aromatic nitrogens is 2. The van der Waals surface area contributed by atoms with Gasteiger partial charge < -0.3 is 15.4 Å². The Kier molecular flexibility index (Phi) is 6.62. The van der Waals surface area contributed by atoms with Crippen LogP contribution in [0.1, 0.15) is 31.4 Å². The molecule has 3 heterocycles. The molecular formula is C18H29N5O3. The number of amides is 1. The maximum absolute atomic E-state index is 12.5. The molecule has 26 heavy (non-hydrogen) atoms. The molecule has 2 aliphatic rings. The Morgan fingerprint density at radius 1 is 1.35 bits per heavy atom. The summed E-state index contributed by atoms with van der Waals surface area (Å²) >= 11 is 0. The smallest absolute Gasteiger partial charge is 0.252 e. The Labute approximate surface area is 153 Å². The lowest BCUT2D eigenvalue weighted by Gasteiger charge is -2.39. The van der Waals surface area contributed by atoms with Gasteiger partial charge in [0.2, 0.25) is 11.9 Å². The number of hydrogen-bond donors (Lipinski definition) is 3. The van der Waals surface area contributed by atoms with Gasteiger partial charge in [0, 0.05) is 50.7 Å². The molecule has 0 aromatic carbocycles. The largest absolute Gasteiger partial charge is 0.381 e. The van der Waals surface area contributed by atoms with E-state index in [2.05, 4.69) is 25.5 Å².